The highest BCUT2D eigenvalue weighted by molar-refractivity contribution is 5.43. The first-order valence-electron chi connectivity index (χ1n) is 8.48. The van der Waals surface area contributed by atoms with Crippen LogP contribution in [0, 0.1) is 0 Å². The second kappa shape index (κ2) is 7.51. The van der Waals surface area contributed by atoms with E-state index in [1.54, 1.807) is 7.11 Å². The second-order valence-electron chi connectivity index (χ2n) is 6.38. The second-order valence-corrected chi connectivity index (χ2v) is 6.38. The van der Waals surface area contributed by atoms with E-state index in [0.29, 0.717) is 6.61 Å². The van der Waals surface area contributed by atoms with E-state index in [-0.39, 0.29) is 5.60 Å². The summed E-state index contributed by atoms with van der Waals surface area (Å²) in [6.07, 6.45) is 1.98. The lowest BCUT2D eigenvalue weighted by molar-refractivity contribution is -0.111. The van der Waals surface area contributed by atoms with Crippen LogP contribution in [0.25, 0.3) is 0 Å². The topological polar surface area (TPSA) is 40.2 Å². The molecule has 1 atom stereocenters. The molecular formula is C18H27NO4. The fourth-order valence-corrected chi connectivity index (χ4v) is 3.29. The van der Waals surface area contributed by atoms with Gasteiger partial charge in [-0.15, -0.1) is 0 Å². The van der Waals surface area contributed by atoms with Crippen molar-refractivity contribution in [1.82, 2.24) is 4.90 Å². The lowest BCUT2D eigenvalue weighted by Gasteiger charge is -2.39. The van der Waals surface area contributed by atoms with Crippen LogP contribution in [0.1, 0.15) is 25.3 Å². The predicted molar refractivity (Wildman–Crippen MR) is 88.2 cm³/mol. The minimum atomic E-state index is -0.0910. The van der Waals surface area contributed by atoms with Crippen molar-refractivity contribution in [3.63, 3.8) is 0 Å². The molecule has 1 unspecified atom stereocenters. The zero-order chi connectivity index (χ0) is 16.1. The van der Waals surface area contributed by atoms with E-state index in [2.05, 4.69) is 24.0 Å². The minimum absolute atomic E-state index is 0.0910. The van der Waals surface area contributed by atoms with Crippen LogP contribution in [-0.4, -0.2) is 57.1 Å². The molecule has 1 aromatic carbocycles. The van der Waals surface area contributed by atoms with Gasteiger partial charge in [-0.2, -0.15) is 0 Å². The number of ether oxygens (including phenoxy) is 4. The third-order valence-corrected chi connectivity index (χ3v) is 4.49. The Morgan fingerprint density at radius 2 is 2.17 bits per heavy atom. The SMILES string of the molecule is CCCOc1cc(CN2CCOC3(CCOC3)C2)ccc1OC. The molecule has 3 rings (SSSR count). The number of benzene rings is 1. The van der Waals surface area contributed by atoms with Gasteiger partial charge in [0.25, 0.3) is 0 Å². The number of rotatable bonds is 6. The highest BCUT2D eigenvalue weighted by Crippen LogP contribution is 2.31. The molecule has 2 fully saturated rings. The number of morpholine rings is 1. The summed E-state index contributed by atoms with van der Waals surface area (Å²) in [4.78, 5) is 2.45. The Bertz CT molecular complexity index is 514. The van der Waals surface area contributed by atoms with Gasteiger partial charge in [-0.3, -0.25) is 4.90 Å². The van der Waals surface area contributed by atoms with Crippen LogP contribution in [0.3, 0.4) is 0 Å². The third kappa shape index (κ3) is 3.97. The van der Waals surface area contributed by atoms with E-state index in [0.717, 1.165) is 63.8 Å². The van der Waals surface area contributed by atoms with Gasteiger partial charge in [0.2, 0.25) is 0 Å². The van der Waals surface area contributed by atoms with Gasteiger partial charge in [-0.25, -0.2) is 0 Å². The molecule has 0 aliphatic carbocycles. The van der Waals surface area contributed by atoms with Gasteiger partial charge in [0, 0.05) is 32.7 Å². The fourth-order valence-electron chi connectivity index (χ4n) is 3.29. The molecule has 2 saturated heterocycles. The molecular weight excluding hydrogens is 294 g/mol. The van der Waals surface area contributed by atoms with Crippen molar-refractivity contribution in [2.45, 2.75) is 31.9 Å². The van der Waals surface area contributed by atoms with Gasteiger partial charge in [0.1, 0.15) is 5.60 Å². The van der Waals surface area contributed by atoms with E-state index in [1.165, 1.54) is 5.56 Å². The summed E-state index contributed by atoms with van der Waals surface area (Å²) in [5, 5.41) is 0. The summed E-state index contributed by atoms with van der Waals surface area (Å²) >= 11 is 0. The molecule has 0 radical (unpaired) electrons. The van der Waals surface area contributed by atoms with Crippen LogP contribution < -0.4 is 9.47 Å². The molecule has 5 heteroatoms. The number of hydrogen-bond acceptors (Lipinski definition) is 5. The monoisotopic (exact) mass is 321 g/mol. The van der Waals surface area contributed by atoms with Crippen molar-refractivity contribution >= 4 is 0 Å². The van der Waals surface area contributed by atoms with Crippen LogP contribution in [0.5, 0.6) is 11.5 Å². The summed E-state index contributed by atoms with van der Waals surface area (Å²) in [5.74, 6) is 1.63. The molecule has 0 N–H and O–H groups in total. The summed E-state index contributed by atoms with van der Waals surface area (Å²) in [6, 6.07) is 6.21. The van der Waals surface area contributed by atoms with Crippen molar-refractivity contribution < 1.29 is 18.9 Å². The molecule has 2 heterocycles. The summed E-state index contributed by atoms with van der Waals surface area (Å²) in [6.45, 7) is 7.91. The van der Waals surface area contributed by atoms with Crippen molar-refractivity contribution in [2.24, 2.45) is 0 Å². The zero-order valence-corrected chi connectivity index (χ0v) is 14.2. The Hall–Kier alpha value is -1.30. The van der Waals surface area contributed by atoms with E-state index >= 15 is 0 Å². The van der Waals surface area contributed by atoms with Gasteiger partial charge in [0.05, 0.1) is 26.9 Å². The Morgan fingerprint density at radius 3 is 2.91 bits per heavy atom. The molecule has 1 aromatic rings. The lowest BCUT2D eigenvalue weighted by Crippen LogP contribution is -2.51. The summed E-state index contributed by atoms with van der Waals surface area (Å²) < 4.78 is 22.7. The van der Waals surface area contributed by atoms with Gasteiger partial charge in [0.15, 0.2) is 11.5 Å². The van der Waals surface area contributed by atoms with E-state index in [9.17, 15) is 0 Å². The van der Waals surface area contributed by atoms with Gasteiger partial charge in [-0.05, 0) is 24.1 Å². The Morgan fingerprint density at radius 1 is 1.26 bits per heavy atom. The first-order chi connectivity index (χ1) is 11.2. The molecule has 2 aliphatic rings. The van der Waals surface area contributed by atoms with Gasteiger partial charge < -0.3 is 18.9 Å². The Balaban J connectivity index is 1.67. The summed E-state index contributed by atoms with van der Waals surface area (Å²) in [5.41, 5.74) is 1.15. The van der Waals surface area contributed by atoms with Gasteiger partial charge >= 0.3 is 0 Å². The molecule has 5 nitrogen and oxygen atoms in total. The Kier molecular flexibility index (Phi) is 5.41. The fraction of sp³-hybridized carbons (Fsp3) is 0.667. The first-order valence-corrected chi connectivity index (χ1v) is 8.48. The highest BCUT2D eigenvalue weighted by atomic mass is 16.6. The maximum atomic E-state index is 6.00. The largest absolute Gasteiger partial charge is 0.493 e. The van der Waals surface area contributed by atoms with Crippen LogP contribution in [-0.2, 0) is 16.0 Å². The number of methoxy groups -OCH3 is 1. The quantitative estimate of drug-likeness (QED) is 0.805. The standard InChI is InChI=1S/C18H27NO4/c1-3-8-22-17-11-15(4-5-16(17)20-2)12-19-7-10-23-18(13-19)6-9-21-14-18/h4-5,11H,3,6-10,12-14H2,1-2H3. The number of nitrogens with zero attached hydrogens (tertiary/aromatic N) is 1. The van der Waals surface area contributed by atoms with E-state index < -0.39 is 0 Å². The highest BCUT2D eigenvalue weighted by Gasteiger charge is 2.40. The predicted octanol–water partition coefficient (Wildman–Crippen LogP) is 2.48. The van der Waals surface area contributed by atoms with E-state index in [4.69, 9.17) is 18.9 Å². The molecule has 23 heavy (non-hydrogen) atoms. The minimum Gasteiger partial charge on any atom is -0.493 e. The molecule has 128 valence electrons. The van der Waals surface area contributed by atoms with Crippen LogP contribution in [0.4, 0.5) is 0 Å². The smallest absolute Gasteiger partial charge is 0.161 e. The average molecular weight is 321 g/mol. The van der Waals surface area contributed by atoms with Crippen LogP contribution in [0.2, 0.25) is 0 Å². The molecule has 1 spiro atoms. The van der Waals surface area contributed by atoms with Crippen molar-refractivity contribution in [3.05, 3.63) is 23.8 Å². The lowest BCUT2D eigenvalue weighted by atomic mass is 10.0. The first kappa shape index (κ1) is 16.6. The summed E-state index contributed by atoms with van der Waals surface area (Å²) in [7, 11) is 1.68. The third-order valence-electron chi connectivity index (χ3n) is 4.49. The maximum absolute atomic E-state index is 6.00. The molecule has 0 saturated carbocycles. The van der Waals surface area contributed by atoms with Gasteiger partial charge in [-0.1, -0.05) is 13.0 Å². The van der Waals surface area contributed by atoms with E-state index in [1.807, 2.05) is 6.07 Å². The molecule has 0 bridgehead atoms. The maximum Gasteiger partial charge on any atom is 0.161 e. The average Bonchev–Trinajstić information content (AvgIpc) is 3.00. The van der Waals surface area contributed by atoms with Crippen molar-refractivity contribution in [2.75, 3.05) is 46.6 Å². The number of hydrogen-bond donors (Lipinski definition) is 0. The zero-order valence-electron chi connectivity index (χ0n) is 14.2. The normalized spacial score (nSPS) is 25.0. The molecule has 0 amide bonds. The Labute approximate surface area is 138 Å². The van der Waals surface area contributed by atoms with Crippen molar-refractivity contribution in [3.8, 4) is 11.5 Å². The molecule has 0 aromatic heterocycles. The molecule has 2 aliphatic heterocycles. The van der Waals surface area contributed by atoms with Crippen molar-refractivity contribution in [1.29, 1.82) is 0 Å². The van der Waals surface area contributed by atoms with Crippen LogP contribution >= 0.6 is 0 Å². The van der Waals surface area contributed by atoms with Crippen LogP contribution in [0.15, 0.2) is 18.2 Å².